The molecule has 0 amide bonds. The summed E-state index contributed by atoms with van der Waals surface area (Å²) in [6.07, 6.45) is 6.44. The Morgan fingerprint density at radius 3 is 2.50 bits per heavy atom. The minimum Gasteiger partial charge on any atom is -0.393 e. The van der Waals surface area contributed by atoms with Gasteiger partial charge in [-0.3, -0.25) is 0 Å². The maximum absolute atomic E-state index is 10.0. The summed E-state index contributed by atoms with van der Waals surface area (Å²) in [6, 6.07) is 0. The van der Waals surface area contributed by atoms with Crippen LogP contribution in [-0.4, -0.2) is 19.3 Å². The van der Waals surface area contributed by atoms with Crippen LogP contribution in [0.1, 0.15) is 25.7 Å². The van der Waals surface area contributed by atoms with Crippen LogP contribution in [0.5, 0.6) is 0 Å². The topological polar surface area (TPSA) is 20.2 Å². The molecule has 1 fully saturated rings. The fourth-order valence-corrected chi connectivity index (χ4v) is 5.55. The van der Waals surface area contributed by atoms with Gasteiger partial charge in [-0.05, 0) is 24.3 Å². The van der Waals surface area contributed by atoms with Crippen molar-refractivity contribution in [1.29, 1.82) is 0 Å². The molecule has 0 aliphatic heterocycles. The van der Waals surface area contributed by atoms with Crippen LogP contribution >= 0.6 is 0 Å². The summed E-state index contributed by atoms with van der Waals surface area (Å²) in [6.45, 7) is 11.1. The monoisotopic (exact) mass is 212 g/mol. The number of hydrogen-bond acceptors (Lipinski definition) is 1. The maximum Gasteiger partial charge on any atom is 0.0571 e. The molecule has 1 N–H and O–H groups in total. The number of hydrogen-bond donors (Lipinski definition) is 1. The van der Waals surface area contributed by atoms with E-state index in [9.17, 15) is 5.11 Å². The lowest BCUT2D eigenvalue weighted by molar-refractivity contribution is 0.0699. The Kier molecular flexibility index (Phi) is 3.96. The van der Waals surface area contributed by atoms with Gasteiger partial charge in [-0.25, -0.2) is 0 Å². The molecule has 1 saturated carbocycles. The van der Waals surface area contributed by atoms with E-state index >= 15 is 0 Å². The summed E-state index contributed by atoms with van der Waals surface area (Å²) < 4.78 is 0. The molecule has 82 valence electrons. The minimum absolute atomic E-state index is 0.0709. The quantitative estimate of drug-likeness (QED) is 0.561. The molecule has 0 bridgehead atoms. The second kappa shape index (κ2) is 4.62. The smallest absolute Gasteiger partial charge is 0.0571 e. The lowest BCUT2D eigenvalue weighted by Crippen LogP contribution is -2.41. The van der Waals surface area contributed by atoms with E-state index in [1.807, 2.05) is 6.08 Å². The highest BCUT2D eigenvalue weighted by atomic mass is 28.3. The lowest BCUT2D eigenvalue weighted by atomic mass is 9.84. The predicted molar refractivity (Wildman–Crippen MR) is 65.3 cm³/mol. The highest BCUT2D eigenvalue weighted by molar-refractivity contribution is 6.77. The van der Waals surface area contributed by atoms with Crippen LogP contribution in [0.2, 0.25) is 25.2 Å². The average molecular weight is 212 g/mol. The van der Waals surface area contributed by atoms with E-state index in [1.54, 1.807) is 0 Å². The van der Waals surface area contributed by atoms with Gasteiger partial charge in [-0.1, -0.05) is 38.6 Å². The van der Waals surface area contributed by atoms with Gasteiger partial charge in [-0.2, -0.15) is 0 Å². The van der Waals surface area contributed by atoms with Crippen molar-refractivity contribution < 1.29 is 5.11 Å². The molecule has 0 radical (unpaired) electrons. The van der Waals surface area contributed by atoms with Crippen LogP contribution in [0.15, 0.2) is 12.7 Å². The Hall–Kier alpha value is -0.0831. The van der Waals surface area contributed by atoms with Crippen LogP contribution in [0, 0.1) is 5.92 Å². The molecule has 14 heavy (non-hydrogen) atoms. The van der Waals surface area contributed by atoms with E-state index in [0.717, 1.165) is 18.4 Å². The van der Waals surface area contributed by atoms with Gasteiger partial charge in [-0.15, -0.1) is 6.58 Å². The van der Waals surface area contributed by atoms with E-state index in [4.69, 9.17) is 0 Å². The highest BCUT2D eigenvalue weighted by Crippen LogP contribution is 2.43. The molecule has 0 saturated heterocycles. The highest BCUT2D eigenvalue weighted by Gasteiger charge is 2.38. The van der Waals surface area contributed by atoms with Crippen molar-refractivity contribution in [3.63, 3.8) is 0 Å². The molecule has 1 aliphatic carbocycles. The normalized spacial score (nSPS) is 34.1. The van der Waals surface area contributed by atoms with Crippen LogP contribution in [0.4, 0.5) is 0 Å². The van der Waals surface area contributed by atoms with Crippen LogP contribution in [0.3, 0.4) is 0 Å². The fourth-order valence-electron chi connectivity index (χ4n) is 2.83. The molecule has 2 heteroatoms. The summed E-state index contributed by atoms with van der Waals surface area (Å²) in [5.74, 6) is 0.493. The zero-order chi connectivity index (χ0) is 10.8. The first-order chi connectivity index (χ1) is 6.46. The molecule has 0 aromatic rings. The van der Waals surface area contributed by atoms with E-state index in [1.165, 1.54) is 12.8 Å². The van der Waals surface area contributed by atoms with Crippen LogP contribution in [0.25, 0.3) is 0 Å². The van der Waals surface area contributed by atoms with Gasteiger partial charge in [0, 0.05) is 8.07 Å². The Labute approximate surface area is 89.2 Å². The second-order valence-corrected chi connectivity index (χ2v) is 11.1. The van der Waals surface area contributed by atoms with E-state index in [0.29, 0.717) is 5.92 Å². The number of allylic oxidation sites excluding steroid dienone is 1. The van der Waals surface area contributed by atoms with Crippen LogP contribution < -0.4 is 0 Å². The largest absolute Gasteiger partial charge is 0.393 e. The van der Waals surface area contributed by atoms with E-state index in [-0.39, 0.29) is 6.10 Å². The molecule has 3 atom stereocenters. The molecule has 1 aliphatic rings. The van der Waals surface area contributed by atoms with Crippen molar-refractivity contribution in [3.8, 4) is 0 Å². The average Bonchev–Trinajstić information content (AvgIpc) is 2.07. The summed E-state index contributed by atoms with van der Waals surface area (Å²) >= 11 is 0. The number of aliphatic hydroxyl groups excluding tert-OH is 1. The third-order valence-corrected chi connectivity index (χ3v) is 6.52. The summed E-state index contributed by atoms with van der Waals surface area (Å²) in [7, 11) is -1.11. The minimum atomic E-state index is -1.11. The van der Waals surface area contributed by atoms with Crippen molar-refractivity contribution in [3.05, 3.63) is 12.7 Å². The van der Waals surface area contributed by atoms with Crippen molar-refractivity contribution in [1.82, 2.24) is 0 Å². The Morgan fingerprint density at radius 2 is 2.00 bits per heavy atom. The van der Waals surface area contributed by atoms with Crippen molar-refractivity contribution in [2.75, 3.05) is 0 Å². The first kappa shape index (κ1) is 12.0. The third kappa shape index (κ3) is 2.70. The molecule has 0 heterocycles. The first-order valence-corrected chi connectivity index (χ1v) is 9.33. The van der Waals surface area contributed by atoms with Gasteiger partial charge in [0.15, 0.2) is 0 Å². The Balaban J connectivity index is 2.74. The molecular weight excluding hydrogens is 188 g/mol. The van der Waals surface area contributed by atoms with Gasteiger partial charge < -0.3 is 5.11 Å². The van der Waals surface area contributed by atoms with Crippen molar-refractivity contribution in [2.45, 2.75) is 57.0 Å². The number of aliphatic hydroxyl groups is 1. The van der Waals surface area contributed by atoms with Gasteiger partial charge >= 0.3 is 0 Å². The second-order valence-electron chi connectivity index (χ2n) is 5.66. The maximum atomic E-state index is 10.0. The molecular formula is C12H24OSi. The van der Waals surface area contributed by atoms with Crippen molar-refractivity contribution >= 4 is 8.07 Å². The molecule has 1 nitrogen and oxygen atoms in total. The molecule has 1 rings (SSSR count). The molecule has 0 unspecified atom stereocenters. The molecule has 0 aromatic heterocycles. The third-order valence-electron chi connectivity index (χ3n) is 3.58. The zero-order valence-corrected chi connectivity index (χ0v) is 10.8. The Bertz CT molecular complexity index is 195. The van der Waals surface area contributed by atoms with E-state index in [2.05, 4.69) is 26.2 Å². The van der Waals surface area contributed by atoms with Gasteiger partial charge in [0.25, 0.3) is 0 Å². The fraction of sp³-hybridized carbons (Fsp3) is 0.833. The van der Waals surface area contributed by atoms with Crippen molar-refractivity contribution in [2.24, 2.45) is 5.92 Å². The Morgan fingerprint density at radius 1 is 1.36 bits per heavy atom. The van der Waals surface area contributed by atoms with Gasteiger partial charge in [0.1, 0.15) is 0 Å². The summed E-state index contributed by atoms with van der Waals surface area (Å²) in [5.41, 5.74) is 0.782. The zero-order valence-electron chi connectivity index (χ0n) is 9.79. The standard InChI is InChI=1S/C12H24OSi/c1-5-7-10-11(13)8-6-9-12(10)14(2,3)4/h5,10-13H,1,6-9H2,2-4H3/t10-,11-,12-/m1/s1. The molecule has 0 aromatic carbocycles. The summed E-state index contributed by atoms with van der Waals surface area (Å²) in [4.78, 5) is 0. The first-order valence-electron chi connectivity index (χ1n) is 5.75. The van der Waals surface area contributed by atoms with E-state index < -0.39 is 8.07 Å². The SMILES string of the molecule is C=CC[C@@H]1[C@H](O)CCC[C@H]1[Si](C)(C)C. The summed E-state index contributed by atoms with van der Waals surface area (Å²) in [5, 5.41) is 10.0. The predicted octanol–water partition coefficient (Wildman–Crippen LogP) is 3.43. The number of rotatable bonds is 3. The van der Waals surface area contributed by atoms with Gasteiger partial charge in [0.05, 0.1) is 6.10 Å². The molecule has 0 spiro atoms. The lowest BCUT2D eigenvalue weighted by Gasteiger charge is -2.41. The van der Waals surface area contributed by atoms with Crippen LogP contribution in [-0.2, 0) is 0 Å². The van der Waals surface area contributed by atoms with Gasteiger partial charge in [0.2, 0.25) is 0 Å².